The van der Waals surface area contributed by atoms with E-state index in [4.69, 9.17) is 14.2 Å². The summed E-state index contributed by atoms with van der Waals surface area (Å²) in [6.07, 6.45) is 3.71. The molecule has 2 aromatic rings. The number of aldehydes is 1. The normalized spacial score (nSPS) is 14.9. The molecule has 2 aromatic carbocycles. The molecule has 0 saturated carbocycles. The number of rotatable bonds is 9. The van der Waals surface area contributed by atoms with Crippen LogP contribution in [0, 0.1) is 6.92 Å². The number of carbonyl (C=O) groups excluding carboxylic acids is 1. The van der Waals surface area contributed by atoms with Gasteiger partial charge < -0.3 is 0 Å². The first-order valence-electron chi connectivity index (χ1n) is 9.74. The van der Waals surface area contributed by atoms with Gasteiger partial charge in [0, 0.05) is 0 Å². The molecule has 1 aliphatic rings. The zero-order valence-corrected chi connectivity index (χ0v) is 19.1. The standard InChI is InChI=1S/C23H28IO4/c1-5-20(24-15(2)10-12-25)19-8-9-21(26-4)23(16(19)3)28-18-7-6-17-11-13-27-22(17)14-18/h6-9,12,14-15,20H,5,10-11,13H2,1-4H3/q-1. The van der Waals surface area contributed by atoms with Gasteiger partial charge in [-0.15, -0.1) is 0 Å². The Kier molecular flexibility index (Phi) is 7.21. The van der Waals surface area contributed by atoms with Gasteiger partial charge in [-0.2, -0.15) is 0 Å². The Morgan fingerprint density at radius 2 is 2.11 bits per heavy atom. The Bertz CT molecular complexity index is 834. The summed E-state index contributed by atoms with van der Waals surface area (Å²) in [6.45, 7) is 7.25. The fourth-order valence-electron chi connectivity index (χ4n) is 3.46. The predicted octanol–water partition coefficient (Wildman–Crippen LogP) is 2.25. The van der Waals surface area contributed by atoms with E-state index < -0.39 is 0 Å². The van der Waals surface area contributed by atoms with Gasteiger partial charge in [0.25, 0.3) is 0 Å². The molecule has 0 amide bonds. The molecular weight excluding hydrogens is 467 g/mol. The molecule has 152 valence electrons. The Morgan fingerprint density at radius 1 is 1.29 bits per heavy atom. The molecule has 5 heteroatoms. The van der Waals surface area contributed by atoms with Crippen LogP contribution >= 0.6 is 0 Å². The first-order chi connectivity index (χ1) is 13.6. The van der Waals surface area contributed by atoms with E-state index >= 15 is 0 Å². The van der Waals surface area contributed by atoms with Crippen molar-refractivity contribution in [2.45, 2.75) is 47.9 Å². The zero-order chi connectivity index (χ0) is 20.1. The van der Waals surface area contributed by atoms with Gasteiger partial charge in [-0.25, -0.2) is 0 Å². The van der Waals surface area contributed by atoms with E-state index in [2.05, 4.69) is 32.9 Å². The van der Waals surface area contributed by atoms with Crippen LogP contribution in [0.1, 0.15) is 47.3 Å². The monoisotopic (exact) mass is 495 g/mol. The van der Waals surface area contributed by atoms with Crippen LogP contribution in [0.15, 0.2) is 30.3 Å². The zero-order valence-electron chi connectivity index (χ0n) is 17.0. The van der Waals surface area contributed by atoms with Gasteiger partial charge in [0.05, 0.1) is 0 Å². The van der Waals surface area contributed by atoms with E-state index in [1.807, 2.05) is 18.2 Å². The second-order valence-corrected chi connectivity index (χ2v) is 11.3. The molecule has 28 heavy (non-hydrogen) atoms. The summed E-state index contributed by atoms with van der Waals surface area (Å²) in [5, 5.41) is 0. The molecule has 3 rings (SSSR count). The molecule has 4 nitrogen and oxygen atoms in total. The van der Waals surface area contributed by atoms with Crippen LogP contribution in [0.25, 0.3) is 0 Å². The second kappa shape index (κ2) is 9.63. The van der Waals surface area contributed by atoms with Gasteiger partial charge >= 0.3 is 178 Å². The fourth-order valence-corrected chi connectivity index (χ4v) is 7.01. The third kappa shape index (κ3) is 4.62. The third-order valence-electron chi connectivity index (χ3n) is 5.00. The molecule has 0 aliphatic carbocycles. The maximum absolute atomic E-state index is 10.9. The quantitative estimate of drug-likeness (QED) is 0.304. The number of benzene rings is 2. The van der Waals surface area contributed by atoms with Crippen LogP contribution in [0.3, 0.4) is 0 Å². The Balaban J connectivity index is 1.91. The number of carbonyl (C=O) groups is 1. The summed E-state index contributed by atoms with van der Waals surface area (Å²) in [4.78, 5) is 10.9. The van der Waals surface area contributed by atoms with E-state index in [9.17, 15) is 4.79 Å². The number of halogens is 1. The van der Waals surface area contributed by atoms with Crippen LogP contribution in [0.5, 0.6) is 23.0 Å². The molecule has 0 aromatic heterocycles. The molecule has 0 saturated heterocycles. The van der Waals surface area contributed by atoms with Gasteiger partial charge in [-0.3, -0.25) is 0 Å². The van der Waals surface area contributed by atoms with Gasteiger partial charge in [-0.05, 0) is 0 Å². The predicted molar refractivity (Wildman–Crippen MR) is 107 cm³/mol. The third-order valence-corrected chi connectivity index (χ3v) is 9.16. The number of methoxy groups -OCH3 is 1. The van der Waals surface area contributed by atoms with Crippen molar-refractivity contribution in [3.63, 3.8) is 0 Å². The number of hydrogen-bond donors (Lipinski definition) is 0. The minimum atomic E-state index is -0.145. The van der Waals surface area contributed by atoms with Crippen molar-refractivity contribution in [2.75, 3.05) is 13.7 Å². The summed E-state index contributed by atoms with van der Waals surface area (Å²) in [6, 6.07) is 10.2. The summed E-state index contributed by atoms with van der Waals surface area (Å²) in [5.41, 5.74) is 3.65. The van der Waals surface area contributed by atoms with E-state index in [0.717, 1.165) is 54.3 Å². The van der Waals surface area contributed by atoms with Crippen molar-refractivity contribution in [2.24, 2.45) is 0 Å². The van der Waals surface area contributed by atoms with Crippen molar-refractivity contribution in [3.8, 4) is 23.0 Å². The van der Waals surface area contributed by atoms with Crippen molar-refractivity contribution < 1.29 is 40.2 Å². The van der Waals surface area contributed by atoms with Crippen molar-refractivity contribution >= 4 is 6.29 Å². The summed E-state index contributed by atoms with van der Waals surface area (Å²) < 4.78 is 18.5. The number of ether oxygens (including phenoxy) is 3. The Morgan fingerprint density at radius 3 is 2.82 bits per heavy atom. The molecule has 1 aliphatic heterocycles. The van der Waals surface area contributed by atoms with E-state index in [1.165, 1.54) is 11.1 Å². The molecular formula is C23H28IO4-. The van der Waals surface area contributed by atoms with Gasteiger partial charge in [0.15, 0.2) is 0 Å². The molecule has 2 atom stereocenters. The summed E-state index contributed by atoms with van der Waals surface area (Å²) >= 11 is -0.145. The molecule has 0 spiro atoms. The van der Waals surface area contributed by atoms with Crippen LogP contribution in [0.2, 0.25) is 0 Å². The number of alkyl halides is 2. The van der Waals surface area contributed by atoms with Gasteiger partial charge in [-0.1, -0.05) is 0 Å². The van der Waals surface area contributed by atoms with E-state index in [0.29, 0.717) is 14.3 Å². The van der Waals surface area contributed by atoms with Crippen molar-refractivity contribution in [1.82, 2.24) is 0 Å². The average Bonchev–Trinajstić information content (AvgIpc) is 3.16. The Labute approximate surface area is 177 Å². The summed E-state index contributed by atoms with van der Waals surface area (Å²) in [5.74, 6) is 3.17. The SMILES string of the molecule is CCC([I-]C(C)CC=O)c1ccc(OC)c(Oc2ccc3c(c2)OCC3)c1C. The minimum absolute atomic E-state index is 0.145. The molecule has 0 bridgehead atoms. The molecule has 0 radical (unpaired) electrons. The fraction of sp³-hybridized carbons (Fsp3) is 0.435. The van der Waals surface area contributed by atoms with Crippen molar-refractivity contribution in [1.29, 1.82) is 0 Å². The van der Waals surface area contributed by atoms with E-state index in [-0.39, 0.29) is 21.2 Å². The first kappa shape index (κ1) is 21.0. The molecule has 1 heterocycles. The second-order valence-electron chi connectivity index (χ2n) is 6.97. The molecule has 2 unspecified atom stereocenters. The first-order valence-corrected chi connectivity index (χ1v) is 12.2. The van der Waals surface area contributed by atoms with Gasteiger partial charge in [0.2, 0.25) is 0 Å². The Hall–Kier alpha value is -1.76. The van der Waals surface area contributed by atoms with Crippen LogP contribution in [-0.4, -0.2) is 23.9 Å². The number of hydrogen-bond acceptors (Lipinski definition) is 4. The average molecular weight is 495 g/mol. The summed E-state index contributed by atoms with van der Waals surface area (Å²) in [7, 11) is 1.67. The van der Waals surface area contributed by atoms with Gasteiger partial charge in [0.1, 0.15) is 0 Å². The number of fused-ring (bicyclic) bond motifs is 1. The van der Waals surface area contributed by atoms with Crippen LogP contribution < -0.4 is 35.4 Å². The molecule has 0 fully saturated rings. The molecule has 0 N–H and O–H groups in total. The topological polar surface area (TPSA) is 44.8 Å². The van der Waals surface area contributed by atoms with Crippen LogP contribution in [-0.2, 0) is 11.2 Å². The van der Waals surface area contributed by atoms with Crippen molar-refractivity contribution in [3.05, 3.63) is 47.0 Å². The van der Waals surface area contributed by atoms with Crippen LogP contribution in [0.4, 0.5) is 0 Å². The maximum atomic E-state index is 10.9. The van der Waals surface area contributed by atoms with E-state index in [1.54, 1.807) is 7.11 Å².